The van der Waals surface area contributed by atoms with E-state index in [-0.39, 0.29) is 12.2 Å². The molecule has 0 aliphatic rings. The Morgan fingerprint density at radius 3 is 2.68 bits per heavy atom. The standard InChI is InChI=1S/C15H15ClN2O/c1-2-10-3-5-12(18-9-10)8-15(19)11-4-6-14(17)13(16)7-11/h3-7,9H,2,8,17H2,1H3. The first-order valence-electron chi connectivity index (χ1n) is 6.12. The molecule has 19 heavy (non-hydrogen) atoms. The molecule has 4 heteroatoms. The number of aryl methyl sites for hydroxylation is 1. The molecule has 1 aromatic carbocycles. The predicted octanol–water partition coefficient (Wildman–Crippen LogP) is 3.31. The smallest absolute Gasteiger partial charge is 0.168 e. The lowest BCUT2D eigenvalue weighted by Gasteiger charge is -2.04. The zero-order valence-corrected chi connectivity index (χ0v) is 11.4. The van der Waals surface area contributed by atoms with Gasteiger partial charge in [0.05, 0.1) is 17.1 Å². The van der Waals surface area contributed by atoms with Crippen molar-refractivity contribution in [3.63, 3.8) is 0 Å². The van der Waals surface area contributed by atoms with Gasteiger partial charge in [0.2, 0.25) is 0 Å². The van der Waals surface area contributed by atoms with Crippen molar-refractivity contribution in [1.82, 2.24) is 4.98 Å². The first-order chi connectivity index (χ1) is 9.10. The highest BCUT2D eigenvalue weighted by Crippen LogP contribution is 2.20. The van der Waals surface area contributed by atoms with Crippen LogP contribution in [0.25, 0.3) is 0 Å². The van der Waals surface area contributed by atoms with E-state index >= 15 is 0 Å². The second kappa shape index (κ2) is 5.85. The number of Topliss-reactive ketones (excluding diaryl/α,β-unsaturated/α-hetero) is 1. The van der Waals surface area contributed by atoms with Gasteiger partial charge in [-0.25, -0.2) is 0 Å². The number of aromatic nitrogens is 1. The molecule has 0 atom stereocenters. The van der Waals surface area contributed by atoms with Crippen LogP contribution in [0.3, 0.4) is 0 Å². The van der Waals surface area contributed by atoms with Crippen LogP contribution >= 0.6 is 11.6 Å². The van der Waals surface area contributed by atoms with E-state index in [2.05, 4.69) is 11.9 Å². The van der Waals surface area contributed by atoms with Crippen molar-refractivity contribution in [2.45, 2.75) is 19.8 Å². The van der Waals surface area contributed by atoms with E-state index < -0.39 is 0 Å². The third-order valence-electron chi connectivity index (χ3n) is 2.96. The van der Waals surface area contributed by atoms with Crippen molar-refractivity contribution >= 4 is 23.1 Å². The van der Waals surface area contributed by atoms with Gasteiger partial charge in [0.15, 0.2) is 5.78 Å². The van der Waals surface area contributed by atoms with Crippen molar-refractivity contribution in [2.75, 3.05) is 5.73 Å². The van der Waals surface area contributed by atoms with Gasteiger partial charge in [0.25, 0.3) is 0 Å². The lowest BCUT2D eigenvalue weighted by atomic mass is 10.1. The summed E-state index contributed by atoms with van der Waals surface area (Å²) in [6.45, 7) is 2.07. The number of hydrogen-bond acceptors (Lipinski definition) is 3. The number of halogens is 1. The monoisotopic (exact) mass is 274 g/mol. The number of carbonyl (C=O) groups excluding carboxylic acids is 1. The Kier molecular flexibility index (Phi) is 4.17. The second-order valence-electron chi connectivity index (χ2n) is 4.35. The minimum atomic E-state index is -0.0151. The minimum absolute atomic E-state index is 0.0151. The van der Waals surface area contributed by atoms with Gasteiger partial charge in [-0.1, -0.05) is 24.6 Å². The van der Waals surface area contributed by atoms with Crippen LogP contribution < -0.4 is 5.73 Å². The van der Waals surface area contributed by atoms with Crippen LogP contribution in [0.2, 0.25) is 5.02 Å². The minimum Gasteiger partial charge on any atom is -0.398 e. The van der Waals surface area contributed by atoms with Gasteiger partial charge in [0.1, 0.15) is 0 Å². The van der Waals surface area contributed by atoms with E-state index in [0.717, 1.165) is 17.7 Å². The fourth-order valence-electron chi connectivity index (χ4n) is 1.74. The summed E-state index contributed by atoms with van der Waals surface area (Å²) in [7, 11) is 0. The van der Waals surface area contributed by atoms with Crippen LogP contribution in [-0.4, -0.2) is 10.8 Å². The molecule has 2 N–H and O–H groups in total. The van der Waals surface area contributed by atoms with Crippen LogP contribution in [-0.2, 0) is 12.8 Å². The number of nitrogen functional groups attached to an aromatic ring is 1. The zero-order valence-electron chi connectivity index (χ0n) is 10.7. The fourth-order valence-corrected chi connectivity index (χ4v) is 1.92. The number of rotatable bonds is 4. The van der Waals surface area contributed by atoms with E-state index in [1.807, 2.05) is 12.1 Å². The Bertz CT molecular complexity index is 594. The van der Waals surface area contributed by atoms with Crippen molar-refractivity contribution in [1.29, 1.82) is 0 Å². The number of nitrogens with zero attached hydrogens (tertiary/aromatic N) is 1. The molecule has 1 aromatic heterocycles. The molecule has 0 bridgehead atoms. The molecular formula is C15H15ClN2O. The molecule has 98 valence electrons. The highest BCUT2D eigenvalue weighted by atomic mass is 35.5. The first-order valence-corrected chi connectivity index (χ1v) is 6.50. The molecule has 0 aliphatic carbocycles. The molecule has 3 nitrogen and oxygen atoms in total. The molecule has 0 aliphatic heterocycles. The van der Waals surface area contributed by atoms with E-state index in [4.69, 9.17) is 17.3 Å². The van der Waals surface area contributed by atoms with E-state index in [1.165, 1.54) is 0 Å². The molecule has 0 fully saturated rings. The summed E-state index contributed by atoms with van der Waals surface area (Å²) in [6.07, 6.45) is 3.01. The van der Waals surface area contributed by atoms with Gasteiger partial charge in [-0.2, -0.15) is 0 Å². The van der Waals surface area contributed by atoms with Crippen LogP contribution in [0.5, 0.6) is 0 Å². The average molecular weight is 275 g/mol. The average Bonchev–Trinajstić information content (AvgIpc) is 2.42. The van der Waals surface area contributed by atoms with Gasteiger partial charge >= 0.3 is 0 Å². The summed E-state index contributed by atoms with van der Waals surface area (Å²) in [5.74, 6) is -0.0151. The maximum absolute atomic E-state index is 12.1. The molecular weight excluding hydrogens is 260 g/mol. The molecule has 2 aromatic rings. The van der Waals surface area contributed by atoms with Crippen LogP contribution in [0.15, 0.2) is 36.5 Å². The molecule has 0 amide bonds. The Balaban J connectivity index is 2.13. The molecule has 1 heterocycles. The summed E-state index contributed by atoms with van der Waals surface area (Å²) in [5, 5.41) is 0.403. The lowest BCUT2D eigenvalue weighted by molar-refractivity contribution is 0.0992. The SMILES string of the molecule is CCc1ccc(CC(=O)c2ccc(N)c(Cl)c2)nc1. The topological polar surface area (TPSA) is 56.0 Å². The van der Waals surface area contributed by atoms with Gasteiger partial charge < -0.3 is 5.73 Å². The summed E-state index contributed by atoms with van der Waals surface area (Å²) in [6, 6.07) is 8.80. The Labute approximate surface area is 117 Å². The molecule has 2 rings (SSSR count). The normalized spacial score (nSPS) is 10.4. The Morgan fingerprint density at radius 1 is 1.32 bits per heavy atom. The van der Waals surface area contributed by atoms with E-state index in [9.17, 15) is 4.79 Å². The van der Waals surface area contributed by atoms with Crippen molar-refractivity contribution in [3.8, 4) is 0 Å². The third kappa shape index (κ3) is 3.32. The maximum atomic E-state index is 12.1. The van der Waals surface area contributed by atoms with E-state index in [0.29, 0.717) is 16.3 Å². The number of hydrogen-bond donors (Lipinski definition) is 1. The summed E-state index contributed by atoms with van der Waals surface area (Å²) in [4.78, 5) is 16.4. The van der Waals surface area contributed by atoms with Crippen molar-refractivity contribution in [2.24, 2.45) is 0 Å². The quantitative estimate of drug-likeness (QED) is 0.687. The van der Waals surface area contributed by atoms with Gasteiger partial charge in [-0.3, -0.25) is 9.78 Å². The Morgan fingerprint density at radius 2 is 2.11 bits per heavy atom. The van der Waals surface area contributed by atoms with Crippen LogP contribution in [0.1, 0.15) is 28.5 Å². The highest BCUT2D eigenvalue weighted by Gasteiger charge is 2.09. The molecule has 0 unspecified atom stereocenters. The van der Waals surface area contributed by atoms with Crippen molar-refractivity contribution in [3.05, 3.63) is 58.4 Å². The number of carbonyl (C=O) groups is 1. The highest BCUT2D eigenvalue weighted by molar-refractivity contribution is 6.33. The summed E-state index contributed by atoms with van der Waals surface area (Å²) >= 11 is 5.91. The van der Waals surface area contributed by atoms with Crippen molar-refractivity contribution < 1.29 is 4.79 Å². The van der Waals surface area contributed by atoms with Gasteiger partial charge in [-0.05, 0) is 36.2 Å². The number of pyridine rings is 1. The fraction of sp³-hybridized carbons (Fsp3) is 0.200. The Hall–Kier alpha value is -1.87. The lowest BCUT2D eigenvalue weighted by Crippen LogP contribution is -2.05. The second-order valence-corrected chi connectivity index (χ2v) is 4.75. The number of benzene rings is 1. The third-order valence-corrected chi connectivity index (χ3v) is 3.29. The van der Waals surface area contributed by atoms with Crippen LogP contribution in [0.4, 0.5) is 5.69 Å². The number of nitrogens with two attached hydrogens (primary N) is 1. The predicted molar refractivity (Wildman–Crippen MR) is 77.5 cm³/mol. The molecule has 0 radical (unpaired) electrons. The molecule has 0 saturated carbocycles. The molecule has 0 spiro atoms. The van der Waals surface area contributed by atoms with Gasteiger partial charge in [-0.15, -0.1) is 0 Å². The summed E-state index contributed by atoms with van der Waals surface area (Å²) < 4.78 is 0. The number of anilines is 1. The van der Waals surface area contributed by atoms with Gasteiger partial charge in [0, 0.05) is 17.5 Å². The number of ketones is 1. The maximum Gasteiger partial charge on any atom is 0.168 e. The largest absolute Gasteiger partial charge is 0.398 e. The zero-order chi connectivity index (χ0) is 13.8. The summed E-state index contributed by atoms with van der Waals surface area (Å²) in [5.41, 5.74) is 8.57. The first kappa shape index (κ1) is 13.6. The van der Waals surface area contributed by atoms with E-state index in [1.54, 1.807) is 24.4 Å². The van der Waals surface area contributed by atoms with Crippen LogP contribution in [0, 0.1) is 0 Å². The molecule has 0 saturated heterocycles.